The third kappa shape index (κ3) is 2.59. The van der Waals surface area contributed by atoms with Crippen molar-refractivity contribution < 1.29 is 0 Å². The smallest absolute Gasteiger partial charge is 0.0878 e. The second-order valence-corrected chi connectivity index (χ2v) is 5.11. The fourth-order valence-corrected chi connectivity index (χ4v) is 2.33. The van der Waals surface area contributed by atoms with Gasteiger partial charge in [-0.05, 0) is 46.6 Å². The van der Waals surface area contributed by atoms with Crippen molar-refractivity contribution in [2.45, 2.75) is 19.5 Å². The minimum atomic E-state index is -0.127. The van der Waals surface area contributed by atoms with Gasteiger partial charge in [0.1, 0.15) is 0 Å². The van der Waals surface area contributed by atoms with Crippen LogP contribution in [0.25, 0.3) is 0 Å². The number of rotatable bonds is 4. The Balaban J connectivity index is 2.42. The average molecular weight is 330 g/mol. The van der Waals surface area contributed by atoms with E-state index in [2.05, 4.69) is 26.5 Å². The first kappa shape index (κ1) is 13.5. The minimum Gasteiger partial charge on any atom is -0.271 e. The van der Waals surface area contributed by atoms with Crippen LogP contribution in [0.5, 0.6) is 0 Å². The van der Waals surface area contributed by atoms with E-state index < -0.39 is 0 Å². The predicted molar refractivity (Wildman–Crippen MR) is 76.2 cm³/mol. The Morgan fingerprint density at radius 1 is 1.50 bits per heavy atom. The summed E-state index contributed by atoms with van der Waals surface area (Å²) in [7, 11) is 0. The van der Waals surface area contributed by atoms with Crippen LogP contribution in [0.4, 0.5) is 0 Å². The maximum atomic E-state index is 6.11. The maximum absolute atomic E-state index is 6.11. The number of hydrogen-bond acceptors (Lipinski definition) is 3. The van der Waals surface area contributed by atoms with Crippen LogP contribution in [0.3, 0.4) is 0 Å². The van der Waals surface area contributed by atoms with Gasteiger partial charge in [-0.2, -0.15) is 5.10 Å². The molecule has 1 unspecified atom stereocenters. The highest BCUT2D eigenvalue weighted by molar-refractivity contribution is 9.10. The molecule has 18 heavy (non-hydrogen) atoms. The third-order valence-electron chi connectivity index (χ3n) is 2.79. The van der Waals surface area contributed by atoms with Crippen LogP contribution in [0.1, 0.15) is 24.2 Å². The lowest BCUT2D eigenvalue weighted by molar-refractivity contribution is 0.543. The van der Waals surface area contributed by atoms with E-state index in [9.17, 15) is 0 Å². The zero-order chi connectivity index (χ0) is 13.1. The molecule has 6 heteroatoms. The summed E-state index contributed by atoms with van der Waals surface area (Å²) < 4.78 is 2.77. The molecule has 0 amide bonds. The SMILES string of the molecule is CCn1nccc1C(NN)c1ccc(Br)c(Cl)c1. The van der Waals surface area contributed by atoms with E-state index in [0.717, 1.165) is 22.3 Å². The Morgan fingerprint density at radius 2 is 2.28 bits per heavy atom. The molecule has 1 atom stereocenters. The zero-order valence-electron chi connectivity index (χ0n) is 9.90. The molecule has 0 spiro atoms. The summed E-state index contributed by atoms with van der Waals surface area (Å²) in [5, 5.41) is 4.91. The number of nitrogens with one attached hydrogen (secondary N) is 1. The monoisotopic (exact) mass is 328 g/mol. The van der Waals surface area contributed by atoms with Crippen LogP contribution < -0.4 is 11.3 Å². The van der Waals surface area contributed by atoms with Crippen molar-refractivity contribution in [2.24, 2.45) is 5.84 Å². The Hall–Kier alpha value is -0.880. The fraction of sp³-hybridized carbons (Fsp3) is 0.250. The van der Waals surface area contributed by atoms with Gasteiger partial charge in [0.15, 0.2) is 0 Å². The van der Waals surface area contributed by atoms with Crippen molar-refractivity contribution in [2.75, 3.05) is 0 Å². The summed E-state index contributed by atoms with van der Waals surface area (Å²) in [5.41, 5.74) is 4.82. The lowest BCUT2D eigenvalue weighted by Gasteiger charge is -2.18. The molecule has 0 aliphatic heterocycles. The topological polar surface area (TPSA) is 55.9 Å². The first-order valence-electron chi connectivity index (χ1n) is 5.60. The maximum Gasteiger partial charge on any atom is 0.0878 e. The van der Waals surface area contributed by atoms with E-state index in [0.29, 0.717) is 5.02 Å². The number of nitrogens with two attached hydrogens (primary N) is 1. The van der Waals surface area contributed by atoms with Gasteiger partial charge in [0.2, 0.25) is 0 Å². The zero-order valence-corrected chi connectivity index (χ0v) is 12.2. The van der Waals surface area contributed by atoms with Crippen molar-refractivity contribution in [3.63, 3.8) is 0 Å². The molecule has 1 heterocycles. The molecule has 0 bridgehead atoms. The summed E-state index contributed by atoms with van der Waals surface area (Å²) in [6.45, 7) is 2.84. The second-order valence-electron chi connectivity index (χ2n) is 3.85. The highest BCUT2D eigenvalue weighted by Gasteiger charge is 2.17. The lowest BCUT2D eigenvalue weighted by atomic mass is 10.0. The van der Waals surface area contributed by atoms with Crippen LogP contribution in [-0.2, 0) is 6.54 Å². The Kier molecular flexibility index (Phi) is 4.40. The van der Waals surface area contributed by atoms with Gasteiger partial charge < -0.3 is 0 Å². The number of hydrazine groups is 1. The molecule has 1 aromatic carbocycles. The number of nitrogens with zero attached hydrogens (tertiary/aromatic N) is 2. The average Bonchev–Trinajstić information content (AvgIpc) is 2.83. The molecule has 4 nitrogen and oxygen atoms in total. The fourth-order valence-electron chi connectivity index (χ4n) is 1.90. The first-order valence-corrected chi connectivity index (χ1v) is 6.77. The number of hydrogen-bond donors (Lipinski definition) is 2. The van der Waals surface area contributed by atoms with Gasteiger partial charge in [0, 0.05) is 17.2 Å². The minimum absolute atomic E-state index is 0.127. The quantitative estimate of drug-likeness (QED) is 0.670. The number of halogens is 2. The summed E-state index contributed by atoms with van der Waals surface area (Å²) in [6, 6.07) is 7.60. The van der Waals surface area contributed by atoms with Crippen LogP contribution in [0.15, 0.2) is 34.9 Å². The van der Waals surface area contributed by atoms with Gasteiger partial charge in [0.25, 0.3) is 0 Å². The molecule has 96 valence electrons. The van der Waals surface area contributed by atoms with Gasteiger partial charge in [-0.3, -0.25) is 10.5 Å². The van der Waals surface area contributed by atoms with Gasteiger partial charge in [0.05, 0.1) is 16.8 Å². The number of aromatic nitrogens is 2. The van der Waals surface area contributed by atoms with Gasteiger partial charge >= 0.3 is 0 Å². The summed E-state index contributed by atoms with van der Waals surface area (Å²) in [5.74, 6) is 5.66. The number of aryl methyl sites for hydroxylation is 1. The normalized spacial score (nSPS) is 12.7. The Morgan fingerprint density at radius 3 is 2.89 bits per heavy atom. The van der Waals surface area contributed by atoms with E-state index in [1.807, 2.05) is 35.9 Å². The largest absolute Gasteiger partial charge is 0.271 e. The van der Waals surface area contributed by atoms with E-state index >= 15 is 0 Å². The van der Waals surface area contributed by atoms with Crippen LogP contribution >= 0.6 is 27.5 Å². The van der Waals surface area contributed by atoms with E-state index in [1.54, 1.807) is 6.20 Å². The van der Waals surface area contributed by atoms with Crippen molar-refractivity contribution >= 4 is 27.5 Å². The van der Waals surface area contributed by atoms with Crippen molar-refractivity contribution in [1.82, 2.24) is 15.2 Å². The molecule has 0 radical (unpaired) electrons. The van der Waals surface area contributed by atoms with Crippen LogP contribution in [0, 0.1) is 0 Å². The number of benzene rings is 1. The van der Waals surface area contributed by atoms with E-state index in [1.165, 1.54) is 0 Å². The van der Waals surface area contributed by atoms with Crippen LogP contribution in [-0.4, -0.2) is 9.78 Å². The molecule has 0 saturated heterocycles. The summed E-state index contributed by atoms with van der Waals surface area (Å²) in [6.07, 6.45) is 1.77. The molecule has 2 rings (SSSR count). The van der Waals surface area contributed by atoms with Crippen molar-refractivity contribution in [1.29, 1.82) is 0 Å². The lowest BCUT2D eigenvalue weighted by Crippen LogP contribution is -2.30. The molecule has 0 aliphatic rings. The third-order valence-corrected chi connectivity index (χ3v) is 4.02. The molecule has 3 N–H and O–H groups in total. The predicted octanol–water partition coefficient (Wildman–Crippen LogP) is 2.87. The molecular formula is C12H14BrClN4. The van der Waals surface area contributed by atoms with Crippen molar-refractivity contribution in [3.8, 4) is 0 Å². The standard InChI is InChI=1S/C12H14BrClN4/c1-2-18-11(5-6-16-18)12(17-15)8-3-4-9(13)10(14)7-8/h3-7,12,17H,2,15H2,1H3. The molecule has 2 aromatic rings. The highest BCUT2D eigenvalue weighted by Crippen LogP contribution is 2.28. The van der Waals surface area contributed by atoms with E-state index in [-0.39, 0.29) is 6.04 Å². The van der Waals surface area contributed by atoms with Gasteiger partial charge in [-0.1, -0.05) is 17.7 Å². The molecule has 0 fully saturated rings. The second kappa shape index (κ2) is 5.84. The highest BCUT2D eigenvalue weighted by atomic mass is 79.9. The Labute approximate surface area is 119 Å². The first-order chi connectivity index (χ1) is 8.67. The molecule has 0 saturated carbocycles. The van der Waals surface area contributed by atoms with Crippen LogP contribution in [0.2, 0.25) is 5.02 Å². The van der Waals surface area contributed by atoms with E-state index in [4.69, 9.17) is 17.4 Å². The van der Waals surface area contributed by atoms with Crippen molar-refractivity contribution in [3.05, 3.63) is 51.2 Å². The molecule has 1 aromatic heterocycles. The Bertz CT molecular complexity index is 541. The molecule has 0 aliphatic carbocycles. The van der Waals surface area contributed by atoms with Gasteiger partial charge in [-0.25, -0.2) is 5.43 Å². The molecular weight excluding hydrogens is 316 g/mol. The summed E-state index contributed by atoms with van der Waals surface area (Å²) in [4.78, 5) is 0. The van der Waals surface area contributed by atoms with Gasteiger partial charge in [-0.15, -0.1) is 0 Å². The summed E-state index contributed by atoms with van der Waals surface area (Å²) >= 11 is 9.49.